The summed E-state index contributed by atoms with van der Waals surface area (Å²) in [6.07, 6.45) is 0. The molecule has 1 aromatic carbocycles. The molecule has 154 valence electrons. The van der Waals surface area contributed by atoms with Gasteiger partial charge in [-0.15, -0.1) is 22.7 Å². The first-order chi connectivity index (χ1) is 14.5. The Morgan fingerprint density at radius 2 is 1.93 bits per heavy atom. The van der Waals surface area contributed by atoms with Crippen LogP contribution in [0, 0.1) is 0 Å². The van der Waals surface area contributed by atoms with Crippen molar-refractivity contribution in [2.75, 3.05) is 10.7 Å². The molecule has 30 heavy (non-hydrogen) atoms. The van der Waals surface area contributed by atoms with Crippen molar-refractivity contribution >= 4 is 56.2 Å². The van der Waals surface area contributed by atoms with Crippen LogP contribution in [0.25, 0.3) is 20.7 Å². The fraction of sp³-hybridized carbons (Fsp3) is 0.227. The number of amides is 1. The van der Waals surface area contributed by atoms with Crippen molar-refractivity contribution in [2.45, 2.75) is 25.0 Å². The number of anilines is 1. The molecule has 0 atom stereocenters. The number of para-hydroxylation sites is 1. The van der Waals surface area contributed by atoms with Crippen molar-refractivity contribution in [1.29, 1.82) is 0 Å². The minimum atomic E-state index is -0.0802. The maximum atomic E-state index is 13.1. The summed E-state index contributed by atoms with van der Waals surface area (Å²) in [6, 6.07) is 13.7. The van der Waals surface area contributed by atoms with Crippen LogP contribution in [0.5, 0.6) is 0 Å². The van der Waals surface area contributed by atoms with Crippen LogP contribution in [0.15, 0.2) is 63.2 Å². The quantitative estimate of drug-likeness (QED) is 0.294. The van der Waals surface area contributed by atoms with E-state index in [2.05, 4.69) is 0 Å². The topological polar surface area (TPSA) is 55.2 Å². The Morgan fingerprint density at radius 3 is 2.60 bits per heavy atom. The maximum Gasteiger partial charge on any atom is 0.263 e. The molecule has 0 fully saturated rings. The van der Waals surface area contributed by atoms with Gasteiger partial charge in [0, 0.05) is 34.6 Å². The first-order valence-corrected chi connectivity index (χ1v) is 12.2. The average molecular weight is 456 g/mol. The first-order valence-electron chi connectivity index (χ1n) is 9.49. The molecular weight excluding hydrogens is 434 g/mol. The van der Waals surface area contributed by atoms with Gasteiger partial charge in [-0.25, -0.2) is 4.98 Å². The van der Waals surface area contributed by atoms with E-state index in [0.717, 1.165) is 16.1 Å². The van der Waals surface area contributed by atoms with Crippen LogP contribution in [-0.2, 0) is 11.8 Å². The van der Waals surface area contributed by atoms with E-state index in [1.54, 1.807) is 27.9 Å². The van der Waals surface area contributed by atoms with Crippen molar-refractivity contribution in [3.05, 3.63) is 63.6 Å². The summed E-state index contributed by atoms with van der Waals surface area (Å²) in [5.41, 5.74) is 1.72. The number of hydrogen-bond acceptors (Lipinski definition) is 6. The van der Waals surface area contributed by atoms with Crippen molar-refractivity contribution in [2.24, 2.45) is 7.05 Å². The van der Waals surface area contributed by atoms with Crippen molar-refractivity contribution < 1.29 is 4.79 Å². The van der Waals surface area contributed by atoms with Gasteiger partial charge in [0.05, 0.1) is 11.1 Å². The van der Waals surface area contributed by atoms with Crippen molar-refractivity contribution in [3.63, 3.8) is 0 Å². The Kier molecular flexibility index (Phi) is 6.08. The summed E-state index contributed by atoms with van der Waals surface area (Å²) in [5, 5.41) is 5.19. The molecule has 4 aromatic rings. The number of nitrogens with zero attached hydrogens (tertiary/aromatic N) is 3. The summed E-state index contributed by atoms with van der Waals surface area (Å²) in [4.78, 5) is 34.3. The van der Waals surface area contributed by atoms with Crippen molar-refractivity contribution in [1.82, 2.24) is 9.55 Å². The second-order valence-electron chi connectivity index (χ2n) is 7.05. The molecular formula is C22H21N3O2S3. The van der Waals surface area contributed by atoms with Gasteiger partial charge < -0.3 is 4.90 Å². The summed E-state index contributed by atoms with van der Waals surface area (Å²) in [6.45, 7) is 3.99. The van der Waals surface area contributed by atoms with E-state index in [9.17, 15) is 9.59 Å². The average Bonchev–Trinajstić information content (AvgIpc) is 3.40. The number of carbonyl (C=O) groups is 1. The molecule has 8 heteroatoms. The van der Waals surface area contributed by atoms with Crippen LogP contribution >= 0.6 is 34.4 Å². The summed E-state index contributed by atoms with van der Waals surface area (Å²) >= 11 is 4.37. The van der Waals surface area contributed by atoms with Crippen LogP contribution in [-0.4, -0.2) is 27.3 Å². The summed E-state index contributed by atoms with van der Waals surface area (Å²) in [7, 11) is 1.72. The Balaban J connectivity index is 1.61. The molecule has 3 aromatic heterocycles. The lowest BCUT2D eigenvalue weighted by Crippen LogP contribution is -2.38. The molecule has 0 saturated heterocycles. The molecule has 0 aliphatic carbocycles. The van der Waals surface area contributed by atoms with Crippen LogP contribution in [0.3, 0.4) is 0 Å². The number of hydrogen-bond donors (Lipinski definition) is 0. The molecule has 0 bridgehead atoms. The summed E-state index contributed by atoms with van der Waals surface area (Å²) < 4.78 is 1.55. The van der Waals surface area contributed by atoms with E-state index in [0.29, 0.717) is 15.4 Å². The van der Waals surface area contributed by atoms with Gasteiger partial charge in [-0.1, -0.05) is 36.0 Å². The number of benzene rings is 1. The normalized spacial score (nSPS) is 11.3. The van der Waals surface area contributed by atoms with Gasteiger partial charge in [-0.3, -0.25) is 14.2 Å². The number of carbonyl (C=O) groups excluding carboxylic acids is 1. The van der Waals surface area contributed by atoms with E-state index in [1.165, 1.54) is 23.1 Å². The molecule has 0 spiro atoms. The molecule has 3 heterocycles. The zero-order valence-corrected chi connectivity index (χ0v) is 19.3. The Bertz CT molecular complexity index is 1230. The SMILES string of the molecule is CC(C)N(C(=O)CSc1nc2scc(-c3cccs3)c2c(=O)n1C)c1ccccc1. The van der Waals surface area contributed by atoms with Gasteiger partial charge in [0.1, 0.15) is 4.83 Å². The highest BCUT2D eigenvalue weighted by atomic mass is 32.2. The number of thioether (sulfide) groups is 1. The number of fused-ring (bicyclic) bond motifs is 1. The van der Waals surface area contributed by atoms with Crippen molar-refractivity contribution in [3.8, 4) is 10.4 Å². The van der Waals surface area contributed by atoms with E-state index < -0.39 is 0 Å². The lowest BCUT2D eigenvalue weighted by Gasteiger charge is -2.26. The van der Waals surface area contributed by atoms with Crippen LogP contribution < -0.4 is 10.5 Å². The molecule has 0 radical (unpaired) electrons. The molecule has 0 aliphatic heterocycles. The third-order valence-corrected chi connectivity index (χ3v) is 7.50. The molecule has 0 unspecified atom stereocenters. The van der Waals surface area contributed by atoms with Gasteiger partial charge in [0.25, 0.3) is 5.56 Å². The van der Waals surface area contributed by atoms with Crippen LogP contribution in [0.1, 0.15) is 13.8 Å². The molecule has 1 amide bonds. The number of aromatic nitrogens is 2. The van der Waals surface area contributed by atoms with Crippen LogP contribution in [0.2, 0.25) is 0 Å². The largest absolute Gasteiger partial charge is 0.309 e. The maximum absolute atomic E-state index is 13.1. The number of thiophene rings is 2. The zero-order chi connectivity index (χ0) is 21.3. The number of rotatable bonds is 6. The highest BCUT2D eigenvalue weighted by Gasteiger charge is 2.21. The molecule has 4 rings (SSSR count). The van der Waals surface area contributed by atoms with Crippen LogP contribution in [0.4, 0.5) is 5.69 Å². The Hall–Kier alpha value is -2.42. The predicted octanol–water partition coefficient (Wildman–Crippen LogP) is 5.26. The zero-order valence-electron chi connectivity index (χ0n) is 16.9. The lowest BCUT2D eigenvalue weighted by atomic mass is 10.2. The van der Waals surface area contributed by atoms with Gasteiger partial charge >= 0.3 is 0 Å². The third-order valence-electron chi connectivity index (χ3n) is 4.71. The molecule has 0 saturated carbocycles. The van der Waals surface area contributed by atoms with Gasteiger partial charge in [-0.2, -0.15) is 0 Å². The second kappa shape index (κ2) is 8.75. The van der Waals surface area contributed by atoms with E-state index in [4.69, 9.17) is 4.98 Å². The fourth-order valence-electron chi connectivity index (χ4n) is 3.31. The van der Waals surface area contributed by atoms with E-state index >= 15 is 0 Å². The van der Waals surface area contributed by atoms with Gasteiger partial charge in [0.15, 0.2) is 5.16 Å². The highest BCUT2D eigenvalue weighted by Crippen LogP contribution is 2.34. The smallest absolute Gasteiger partial charge is 0.263 e. The lowest BCUT2D eigenvalue weighted by molar-refractivity contribution is -0.116. The minimum Gasteiger partial charge on any atom is -0.309 e. The fourth-order valence-corrected chi connectivity index (χ4v) is 5.94. The standard InChI is InChI=1S/C22H21N3O2S3/c1-14(2)25(15-8-5-4-6-9-15)18(26)13-30-22-23-20-19(21(27)24(22)3)16(12-29-20)17-10-7-11-28-17/h4-12,14H,13H2,1-3H3. The van der Waals surface area contributed by atoms with E-state index in [-0.39, 0.29) is 23.3 Å². The monoisotopic (exact) mass is 455 g/mol. The third kappa shape index (κ3) is 3.95. The molecule has 0 aliphatic rings. The minimum absolute atomic E-state index is 0.0130. The highest BCUT2D eigenvalue weighted by molar-refractivity contribution is 7.99. The predicted molar refractivity (Wildman–Crippen MR) is 128 cm³/mol. The molecule has 5 nitrogen and oxygen atoms in total. The van der Waals surface area contributed by atoms with E-state index in [1.807, 2.05) is 67.1 Å². The van der Waals surface area contributed by atoms with Gasteiger partial charge in [-0.05, 0) is 37.4 Å². The molecule has 0 N–H and O–H groups in total. The second-order valence-corrected chi connectivity index (χ2v) is 9.80. The first kappa shape index (κ1) is 20.8. The Morgan fingerprint density at radius 1 is 1.17 bits per heavy atom. The summed E-state index contributed by atoms with van der Waals surface area (Å²) in [5.74, 6) is 0.197. The Labute approximate surface area is 187 Å². The van der Waals surface area contributed by atoms with Gasteiger partial charge in [0.2, 0.25) is 5.91 Å².